The van der Waals surface area contributed by atoms with Crippen molar-refractivity contribution in [3.63, 3.8) is 0 Å². The Morgan fingerprint density at radius 2 is 2.06 bits per heavy atom. The first-order chi connectivity index (χ1) is 8.61. The zero-order valence-corrected chi connectivity index (χ0v) is 12.3. The van der Waals surface area contributed by atoms with Gasteiger partial charge in [-0.15, -0.1) is 0 Å². The normalized spacial score (nSPS) is 43.0. The highest BCUT2D eigenvalue weighted by Crippen LogP contribution is 2.33. The van der Waals surface area contributed by atoms with E-state index in [0.29, 0.717) is 18.0 Å². The van der Waals surface area contributed by atoms with Crippen LogP contribution < -0.4 is 5.73 Å². The molecule has 2 aliphatic rings. The zero-order valence-electron chi connectivity index (χ0n) is 12.3. The number of nitrogens with zero attached hydrogens (tertiary/aromatic N) is 1. The van der Waals surface area contributed by atoms with Crippen LogP contribution in [-0.4, -0.2) is 43.3 Å². The van der Waals surface area contributed by atoms with Crippen LogP contribution in [0.5, 0.6) is 0 Å². The predicted molar refractivity (Wildman–Crippen MR) is 75.5 cm³/mol. The molecule has 0 amide bonds. The summed E-state index contributed by atoms with van der Waals surface area (Å²) in [6.45, 7) is 11.1. The Morgan fingerprint density at radius 3 is 2.72 bits per heavy atom. The molecule has 0 aromatic carbocycles. The second-order valence-electron chi connectivity index (χ2n) is 6.51. The average molecular weight is 254 g/mol. The van der Waals surface area contributed by atoms with E-state index < -0.39 is 0 Å². The summed E-state index contributed by atoms with van der Waals surface area (Å²) >= 11 is 0. The molecule has 1 aliphatic carbocycles. The number of ether oxygens (including phenoxy) is 1. The van der Waals surface area contributed by atoms with Gasteiger partial charge in [-0.25, -0.2) is 0 Å². The largest absolute Gasteiger partial charge is 0.378 e. The highest BCUT2D eigenvalue weighted by molar-refractivity contribution is 4.89. The number of hydrogen-bond donors (Lipinski definition) is 1. The van der Waals surface area contributed by atoms with Gasteiger partial charge in [-0.05, 0) is 37.0 Å². The number of nitrogens with two attached hydrogens (primary N) is 1. The van der Waals surface area contributed by atoms with Gasteiger partial charge in [0, 0.05) is 25.2 Å². The molecule has 0 aromatic rings. The van der Waals surface area contributed by atoms with Gasteiger partial charge in [0.2, 0.25) is 0 Å². The lowest BCUT2D eigenvalue weighted by molar-refractivity contribution is -0.0256. The van der Waals surface area contributed by atoms with E-state index in [1.807, 2.05) is 0 Å². The first kappa shape index (κ1) is 14.3. The first-order valence-corrected chi connectivity index (χ1v) is 7.69. The third kappa shape index (κ3) is 3.25. The van der Waals surface area contributed by atoms with Crippen molar-refractivity contribution in [2.24, 2.45) is 23.5 Å². The van der Waals surface area contributed by atoms with E-state index in [-0.39, 0.29) is 0 Å². The van der Waals surface area contributed by atoms with E-state index in [2.05, 4.69) is 25.7 Å². The smallest absolute Gasteiger partial charge is 0.0622 e. The molecule has 3 heteroatoms. The molecule has 0 aromatic heterocycles. The lowest BCUT2D eigenvalue weighted by atomic mass is 9.72. The molecule has 1 saturated heterocycles. The number of rotatable bonds is 3. The van der Waals surface area contributed by atoms with Crippen LogP contribution in [0, 0.1) is 17.8 Å². The molecule has 3 nitrogen and oxygen atoms in total. The molecule has 1 heterocycles. The summed E-state index contributed by atoms with van der Waals surface area (Å²) in [5.74, 6) is 2.25. The minimum Gasteiger partial charge on any atom is -0.378 e. The van der Waals surface area contributed by atoms with Crippen molar-refractivity contribution < 1.29 is 4.74 Å². The van der Waals surface area contributed by atoms with Gasteiger partial charge in [-0.3, -0.25) is 4.90 Å². The third-order valence-electron chi connectivity index (χ3n) is 5.00. The Bertz CT molecular complexity index is 247. The van der Waals surface area contributed by atoms with Crippen LogP contribution in [0.3, 0.4) is 0 Å². The van der Waals surface area contributed by atoms with Crippen LogP contribution in [-0.2, 0) is 4.74 Å². The van der Waals surface area contributed by atoms with E-state index in [1.165, 1.54) is 25.8 Å². The lowest BCUT2D eigenvalue weighted by Crippen LogP contribution is -2.52. The summed E-state index contributed by atoms with van der Waals surface area (Å²) < 4.78 is 5.59. The predicted octanol–water partition coefficient (Wildman–Crippen LogP) is 2.11. The Morgan fingerprint density at radius 1 is 1.28 bits per heavy atom. The molecule has 2 fully saturated rings. The second kappa shape index (κ2) is 6.36. The quantitative estimate of drug-likeness (QED) is 0.838. The molecule has 0 spiro atoms. The molecular formula is C15H30N2O. The summed E-state index contributed by atoms with van der Waals surface area (Å²) in [6, 6.07) is 1.00. The van der Waals surface area contributed by atoms with Crippen LogP contribution in [0.1, 0.15) is 40.0 Å². The molecule has 5 atom stereocenters. The lowest BCUT2D eigenvalue weighted by Gasteiger charge is -2.43. The molecule has 2 rings (SSSR count). The van der Waals surface area contributed by atoms with Crippen LogP contribution in [0.15, 0.2) is 0 Å². The van der Waals surface area contributed by atoms with Crippen LogP contribution in [0.2, 0.25) is 0 Å². The molecule has 1 saturated carbocycles. The maximum Gasteiger partial charge on any atom is 0.0622 e. The van der Waals surface area contributed by atoms with Gasteiger partial charge in [0.1, 0.15) is 0 Å². The molecule has 0 radical (unpaired) electrons. The number of morpholine rings is 1. The molecule has 106 valence electrons. The van der Waals surface area contributed by atoms with Crippen molar-refractivity contribution in [3.05, 3.63) is 0 Å². The van der Waals surface area contributed by atoms with E-state index in [9.17, 15) is 0 Å². The highest BCUT2D eigenvalue weighted by Gasteiger charge is 2.34. The topological polar surface area (TPSA) is 38.5 Å². The van der Waals surface area contributed by atoms with Crippen molar-refractivity contribution in [1.82, 2.24) is 4.90 Å². The SMILES string of the molecule is CCC1COCCN1CC1C(C)CC(C)CC1N. The summed E-state index contributed by atoms with van der Waals surface area (Å²) in [7, 11) is 0. The summed E-state index contributed by atoms with van der Waals surface area (Å²) in [4.78, 5) is 2.63. The van der Waals surface area contributed by atoms with Crippen molar-refractivity contribution in [2.75, 3.05) is 26.3 Å². The molecule has 5 unspecified atom stereocenters. The Hall–Kier alpha value is -0.120. The molecular weight excluding hydrogens is 224 g/mol. The van der Waals surface area contributed by atoms with Gasteiger partial charge in [-0.2, -0.15) is 0 Å². The standard InChI is InChI=1S/C15H30N2O/c1-4-13-10-18-6-5-17(13)9-14-12(3)7-11(2)8-15(14)16/h11-15H,4-10,16H2,1-3H3. The van der Waals surface area contributed by atoms with Crippen molar-refractivity contribution in [3.8, 4) is 0 Å². The van der Waals surface area contributed by atoms with Crippen molar-refractivity contribution in [1.29, 1.82) is 0 Å². The van der Waals surface area contributed by atoms with Gasteiger partial charge in [0.25, 0.3) is 0 Å². The van der Waals surface area contributed by atoms with Crippen LogP contribution in [0.25, 0.3) is 0 Å². The van der Waals surface area contributed by atoms with Gasteiger partial charge >= 0.3 is 0 Å². The molecule has 2 N–H and O–H groups in total. The second-order valence-corrected chi connectivity index (χ2v) is 6.51. The van der Waals surface area contributed by atoms with Gasteiger partial charge in [0.05, 0.1) is 13.2 Å². The zero-order chi connectivity index (χ0) is 13.1. The maximum atomic E-state index is 6.41. The fourth-order valence-electron chi connectivity index (χ4n) is 3.86. The monoisotopic (exact) mass is 254 g/mol. The molecule has 0 bridgehead atoms. The molecule has 18 heavy (non-hydrogen) atoms. The van der Waals surface area contributed by atoms with Crippen LogP contribution >= 0.6 is 0 Å². The number of hydrogen-bond acceptors (Lipinski definition) is 3. The fraction of sp³-hybridized carbons (Fsp3) is 1.00. The van der Waals surface area contributed by atoms with E-state index in [1.54, 1.807) is 0 Å². The van der Waals surface area contributed by atoms with Crippen molar-refractivity contribution >= 4 is 0 Å². The first-order valence-electron chi connectivity index (χ1n) is 7.69. The van der Waals surface area contributed by atoms with Crippen LogP contribution in [0.4, 0.5) is 0 Å². The third-order valence-corrected chi connectivity index (χ3v) is 5.00. The Balaban J connectivity index is 1.94. The van der Waals surface area contributed by atoms with E-state index in [0.717, 1.165) is 31.6 Å². The minimum atomic E-state index is 0.393. The Kier molecular flexibility index (Phi) is 5.05. The summed E-state index contributed by atoms with van der Waals surface area (Å²) in [6.07, 6.45) is 3.74. The summed E-state index contributed by atoms with van der Waals surface area (Å²) in [5, 5.41) is 0. The fourth-order valence-corrected chi connectivity index (χ4v) is 3.86. The summed E-state index contributed by atoms with van der Waals surface area (Å²) in [5.41, 5.74) is 6.41. The van der Waals surface area contributed by atoms with Gasteiger partial charge in [-0.1, -0.05) is 20.8 Å². The molecule has 1 aliphatic heterocycles. The van der Waals surface area contributed by atoms with Gasteiger partial charge in [0.15, 0.2) is 0 Å². The average Bonchev–Trinajstić information content (AvgIpc) is 2.34. The highest BCUT2D eigenvalue weighted by atomic mass is 16.5. The Labute approximate surface area is 112 Å². The van der Waals surface area contributed by atoms with E-state index in [4.69, 9.17) is 10.5 Å². The van der Waals surface area contributed by atoms with E-state index >= 15 is 0 Å². The maximum absolute atomic E-state index is 6.41. The van der Waals surface area contributed by atoms with Crippen molar-refractivity contribution in [2.45, 2.75) is 52.1 Å². The van der Waals surface area contributed by atoms with Gasteiger partial charge < -0.3 is 10.5 Å². The minimum absolute atomic E-state index is 0.393.